The zero-order valence-electron chi connectivity index (χ0n) is 10.5. The fourth-order valence-electron chi connectivity index (χ4n) is 2.63. The standard InChI is InChI=1S/C13H14N4O2/c1-17-12-9(6-15-17)7(2-4-10(12)14)8-3-5-11(18)16-13(8)19/h2,4,6,8H,3,5,14H2,1H3,(H,16,18,19). The average molecular weight is 258 g/mol. The molecule has 0 spiro atoms. The molecule has 6 heteroatoms. The van der Waals surface area contributed by atoms with E-state index in [1.54, 1.807) is 16.9 Å². The fourth-order valence-corrected chi connectivity index (χ4v) is 2.63. The first-order valence-corrected chi connectivity index (χ1v) is 6.11. The number of nitrogen functional groups attached to an aromatic ring is 1. The SMILES string of the molecule is Cn1ncc2c(C3CCC(=O)NC3=O)ccc(N)c21. The number of piperidine rings is 1. The number of anilines is 1. The maximum atomic E-state index is 12.0. The van der Waals surface area contributed by atoms with Gasteiger partial charge in [0.1, 0.15) is 0 Å². The van der Waals surface area contributed by atoms with Crippen molar-refractivity contribution in [2.45, 2.75) is 18.8 Å². The number of fused-ring (bicyclic) bond motifs is 1. The summed E-state index contributed by atoms with van der Waals surface area (Å²) in [5.74, 6) is -0.768. The molecule has 1 aliphatic rings. The lowest BCUT2D eigenvalue weighted by Gasteiger charge is -2.21. The van der Waals surface area contributed by atoms with Crippen LogP contribution >= 0.6 is 0 Å². The van der Waals surface area contributed by atoms with Crippen molar-refractivity contribution >= 4 is 28.4 Å². The van der Waals surface area contributed by atoms with Crippen LogP contribution in [0.4, 0.5) is 5.69 Å². The van der Waals surface area contributed by atoms with Gasteiger partial charge in [0.05, 0.1) is 23.3 Å². The molecule has 1 unspecified atom stereocenters. The molecule has 0 radical (unpaired) electrons. The molecule has 2 heterocycles. The highest BCUT2D eigenvalue weighted by Gasteiger charge is 2.29. The van der Waals surface area contributed by atoms with E-state index in [-0.39, 0.29) is 17.7 Å². The Morgan fingerprint density at radius 2 is 2.21 bits per heavy atom. The number of aryl methyl sites for hydroxylation is 1. The van der Waals surface area contributed by atoms with Crippen molar-refractivity contribution in [3.05, 3.63) is 23.9 Å². The van der Waals surface area contributed by atoms with Crippen LogP contribution in [0.15, 0.2) is 18.3 Å². The van der Waals surface area contributed by atoms with Crippen LogP contribution in [0, 0.1) is 0 Å². The number of nitrogens with two attached hydrogens (primary N) is 1. The van der Waals surface area contributed by atoms with Crippen LogP contribution in [0.1, 0.15) is 24.3 Å². The normalized spacial score (nSPS) is 19.7. The monoisotopic (exact) mass is 258 g/mol. The molecule has 0 saturated carbocycles. The van der Waals surface area contributed by atoms with Crippen LogP contribution in [0.2, 0.25) is 0 Å². The fraction of sp³-hybridized carbons (Fsp3) is 0.308. The number of benzene rings is 1. The van der Waals surface area contributed by atoms with E-state index in [1.807, 2.05) is 13.1 Å². The number of nitrogens with one attached hydrogen (secondary N) is 1. The molecule has 1 atom stereocenters. The third-order valence-corrected chi connectivity index (χ3v) is 3.58. The van der Waals surface area contributed by atoms with E-state index in [9.17, 15) is 9.59 Å². The number of amides is 2. The Balaban J connectivity index is 2.13. The topological polar surface area (TPSA) is 90.0 Å². The van der Waals surface area contributed by atoms with E-state index in [1.165, 1.54) is 0 Å². The molecule has 1 aromatic heterocycles. The van der Waals surface area contributed by atoms with Crippen molar-refractivity contribution in [1.82, 2.24) is 15.1 Å². The molecular weight excluding hydrogens is 244 g/mol. The second kappa shape index (κ2) is 4.08. The minimum absolute atomic E-state index is 0.209. The third-order valence-electron chi connectivity index (χ3n) is 3.58. The van der Waals surface area contributed by atoms with E-state index >= 15 is 0 Å². The van der Waals surface area contributed by atoms with E-state index in [0.29, 0.717) is 18.5 Å². The quantitative estimate of drug-likeness (QED) is 0.581. The van der Waals surface area contributed by atoms with Gasteiger partial charge in [-0.2, -0.15) is 5.10 Å². The van der Waals surface area contributed by atoms with Gasteiger partial charge in [-0.25, -0.2) is 0 Å². The van der Waals surface area contributed by atoms with Crippen LogP contribution < -0.4 is 11.1 Å². The molecule has 2 amide bonds. The molecule has 3 rings (SSSR count). The number of carbonyl (C=O) groups is 2. The number of hydrogen-bond acceptors (Lipinski definition) is 4. The van der Waals surface area contributed by atoms with Gasteiger partial charge in [0.25, 0.3) is 0 Å². The molecule has 1 saturated heterocycles. The Morgan fingerprint density at radius 1 is 1.42 bits per heavy atom. The van der Waals surface area contributed by atoms with Crippen LogP contribution in [-0.4, -0.2) is 21.6 Å². The van der Waals surface area contributed by atoms with Gasteiger partial charge in [-0.15, -0.1) is 0 Å². The Morgan fingerprint density at radius 3 is 2.95 bits per heavy atom. The summed E-state index contributed by atoms with van der Waals surface area (Å²) in [6.07, 6.45) is 2.60. The lowest BCUT2D eigenvalue weighted by atomic mass is 9.88. The number of aromatic nitrogens is 2. The maximum absolute atomic E-state index is 12.0. The van der Waals surface area contributed by atoms with Crippen LogP contribution in [0.25, 0.3) is 10.9 Å². The van der Waals surface area contributed by atoms with Gasteiger partial charge < -0.3 is 5.73 Å². The highest BCUT2D eigenvalue weighted by molar-refractivity contribution is 6.03. The van der Waals surface area contributed by atoms with Crippen LogP contribution in [-0.2, 0) is 16.6 Å². The predicted octanol–water partition coefficient (Wildman–Crippen LogP) is 0.676. The van der Waals surface area contributed by atoms with Crippen molar-refractivity contribution in [3.8, 4) is 0 Å². The molecule has 6 nitrogen and oxygen atoms in total. The minimum Gasteiger partial charge on any atom is -0.397 e. The summed E-state index contributed by atoms with van der Waals surface area (Å²) in [6.45, 7) is 0. The molecule has 1 fully saturated rings. The second-order valence-corrected chi connectivity index (χ2v) is 4.78. The Kier molecular flexibility index (Phi) is 2.51. The van der Waals surface area contributed by atoms with Crippen LogP contribution in [0.5, 0.6) is 0 Å². The summed E-state index contributed by atoms with van der Waals surface area (Å²) in [6, 6.07) is 3.63. The van der Waals surface area contributed by atoms with Crippen molar-refractivity contribution in [2.24, 2.45) is 7.05 Å². The van der Waals surface area contributed by atoms with Crippen molar-refractivity contribution in [2.75, 3.05) is 5.73 Å². The van der Waals surface area contributed by atoms with Gasteiger partial charge in [0.15, 0.2) is 0 Å². The van der Waals surface area contributed by atoms with E-state index in [4.69, 9.17) is 5.73 Å². The Hall–Kier alpha value is -2.37. The molecule has 1 aliphatic heterocycles. The molecule has 2 aromatic rings. The highest BCUT2D eigenvalue weighted by Crippen LogP contribution is 2.33. The summed E-state index contributed by atoms with van der Waals surface area (Å²) in [4.78, 5) is 23.2. The van der Waals surface area contributed by atoms with Gasteiger partial charge in [-0.05, 0) is 18.1 Å². The molecular formula is C13H14N4O2. The number of nitrogens with zero attached hydrogens (tertiary/aromatic N) is 2. The number of rotatable bonds is 1. The Bertz CT molecular complexity index is 689. The van der Waals surface area contributed by atoms with Gasteiger partial charge >= 0.3 is 0 Å². The number of carbonyl (C=O) groups excluding carboxylic acids is 2. The lowest BCUT2D eigenvalue weighted by Crippen LogP contribution is -2.39. The summed E-state index contributed by atoms with van der Waals surface area (Å²) in [7, 11) is 1.81. The van der Waals surface area contributed by atoms with Crippen LogP contribution in [0.3, 0.4) is 0 Å². The van der Waals surface area contributed by atoms with E-state index in [0.717, 1.165) is 16.5 Å². The van der Waals surface area contributed by atoms with Gasteiger partial charge in [-0.1, -0.05) is 6.07 Å². The number of hydrogen-bond donors (Lipinski definition) is 2. The highest BCUT2D eigenvalue weighted by atomic mass is 16.2. The number of imide groups is 1. The van der Waals surface area contributed by atoms with Gasteiger partial charge in [-0.3, -0.25) is 19.6 Å². The third kappa shape index (κ3) is 1.76. The van der Waals surface area contributed by atoms with Crippen molar-refractivity contribution < 1.29 is 9.59 Å². The molecule has 3 N–H and O–H groups in total. The zero-order chi connectivity index (χ0) is 13.6. The second-order valence-electron chi connectivity index (χ2n) is 4.78. The first kappa shape index (κ1) is 11.7. The predicted molar refractivity (Wildman–Crippen MR) is 70.3 cm³/mol. The van der Waals surface area contributed by atoms with Gasteiger partial charge in [0.2, 0.25) is 11.8 Å². The summed E-state index contributed by atoms with van der Waals surface area (Å²) in [5, 5.41) is 7.44. The average Bonchev–Trinajstić information content (AvgIpc) is 2.74. The van der Waals surface area contributed by atoms with Crippen molar-refractivity contribution in [1.29, 1.82) is 0 Å². The van der Waals surface area contributed by atoms with E-state index < -0.39 is 0 Å². The molecule has 19 heavy (non-hydrogen) atoms. The summed E-state index contributed by atoms with van der Waals surface area (Å²) < 4.78 is 1.69. The first-order valence-electron chi connectivity index (χ1n) is 6.11. The largest absolute Gasteiger partial charge is 0.397 e. The zero-order valence-corrected chi connectivity index (χ0v) is 10.5. The Labute approximate surface area is 109 Å². The molecule has 98 valence electrons. The smallest absolute Gasteiger partial charge is 0.234 e. The van der Waals surface area contributed by atoms with E-state index in [2.05, 4.69) is 10.4 Å². The summed E-state index contributed by atoms with van der Waals surface area (Å²) >= 11 is 0. The molecule has 0 aliphatic carbocycles. The van der Waals surface area contributed by atoms with Crippen molar-refractivity contribution in [3.63, 3.8) is 0 Å². The first-order chi connectivity index (χ1) is 9.08. The molecule has 1 aromatic carbocycles. The lowest BCUT2D eigenvalue weighted by molar-refractivity contribution is -0.134. The molecule has 0 bridgehead atoms. The minimum atomic E-state index is -0.315. The summed E-state index contributed by atoms with van der Waals surface area (Å²) in [5.41, 5.74) is 8.27. The van der Waals surface area contributed by atoms with Gasteiger partial charge in [0, 0.05) is 18.9 Å². The maximum Gasteiger partial charge on any atom is 0.234 e.